The molecular weight excluding hydrogens is 406 g/mol. The summed E-state index contributed by atoms with van der Waals surface area (Å²) in [5, 5.41) is 1.21. The van der Waals surface area contributed by atoms with Crippen molar-refractivity contribution in [2.24, 2.45) is 0 Å². The number of alkyl halides is 1. The van der Waals surface area contributed by atoms with Crippen LogP contribution in [0.25, 0.3) is 0 Å². The second-order valence-corrected chi connectivity index (χ2v) is 5.38. The standard InChI is InChI=1S/C3H6Br.CH3.2BrH.Sn/c1-2-3-4;;;;/h1-3H2;1H3;2*1H;. The summed E-state index contributed by atoms with van der Waals surface area (Å²) in [6.45, 7) is 0. The Bertz CT molecular complexity index is 23.2. The molecule has 0 unspecified atom stereocenters. The van der Waals surface area contributed by atoms with E-state index in [0.29, 0.717) is 0 Å². The van der Waals surface area contributed by atoms with Crippen molar-refractivity contribution in [1.82, 2.24) is 0 Å². The molecule has 0 aliphatic carbocycles. The second-order valence-electron chi connectivity index (χ2n) is 1.15. The van der Waals surface area contributed by atoms with E-state index < -0.39 is 0 Å². The van der Waals surface area contributed by atoms with Gasteiger partial charge in [0.25, 0.3) is 0 Å². The molecule has 52 valence electrons. The Kier molecular flexibility index (Phi) is 33.6. The van der Waals surface area contributed by atoms with Crippen LogP contribution in [0.5, 0.6) is 0 Å². The summed E-state index contributed by atoms with van der Waals surface area (Å²) in [6.07, 6.45) is 1.41. The molecule has 0 nitrogen and oxygen atoms in total. The van der Waals surface area contributed by atoms with Gasteiger partial charge in [0.1, 0.15) is 0 Å². The van der Waals surface area contributed by atoms with Gasteiger partial charge in [0.05, 0.1) is 0 Å². The predicted molar refractivity (Wildman–Crippen MR) is 55.5 cm³/mol. The SMILES string of the molecule is Br.Br.[CH3][Sn][CH2]CCBr. The van der Waals surface area contributed by atoms with Crippen LogP contribution in [-0.2, 0) is 0 Å². The minimum atomic E-state index is 0. The Balaban J connectivity index is -0.000000125. The molecule has 0 heterocycles. The first-order valence-corrected chi connectivity index (χ1v) is 8.11. The zero-order chi connectivity index (χ0) is 4.83. The van der Waals surface area contributed by atoms with Crippen molar-refractivity contribution < 1.29 is 0 Å². The molecule has 0 aromatic carbocycles. The van der Waals surface area contributed by atoms with Gasteiger partial charge in [-0.1, -0.05) is 0 Å². The molecule has 0 aromatic rings. The van der Waals surface area contributed by atoms with Crippen molar-refractivity contribution in [3.05, 3.63) is 0 Å². The molecule has 0 aromatic heterocycles. The van der Waals surface area contributed by atoms with Crippen molar-refractivity contribution in [2.75, 3.05) is 5.33 Å². The average Bonchev–Trinajstić information content (AvgIpc) is 1.61. The summed E-state index contributed by atoms with van der Waals surface area (Å²) in [5.41, 5.74) is 0. The summed E-state index contributed by atoms with van der Waals surface area (Å²) >= 11 is 3.54. The molecule has 0 atom stereocenters. The molecule has 0 saturated heterocycles. The van der Waals surface area contributed by atoms with E-state index in [2.05, 4.69) is 20.9 Å². The van der Waals surface area contributed by atoms with Crippen molar-refractivity contribution in [1.29, 1.82) is 0 Å². The third-order valence-electron chi connectivity index (χ3n) is 0.560. The monoisotopic (exact) mass is 416 g/mol. The first-order valence-electron chi connectivity index (χ1n) is 2.12. The minimum absolute atomic E-state index is 0. The van der Waals surface area contributed by atoms with Gasteiger partial charge < -0.3 is 0 Å². The molecule has 0 spiro atoms. The third kappa shape index (κ3) is 15.7. The van der Waals surface area contributed by atoms with E-state index in [1.807, 2.05) is 0 Å². The average molecular weight is 418 g/mol. The molecular formula is C4H11Br3Sn. The Labute approximate surface area is 91.1 Å². The number of rotatable bonds is 3. The van der Waals surface area contributed by atoms with E-state index in [1.165, 1.54) is 16.2 Å². The van der Waals surface area contributed by atoms with Crippen molar-refractivity contribution in [3.63, 3.8) is 0 Å². The van der Waals surface area contributed by atoms with Crippen LogP contribution in [0.15, 0.2) is 0 Å². The fourth-order valence-electron chi connectivity index (χ4n) is 0.244. The van der Waals surface area contributed by atoms with Crippen LogP contribution in [-0.4, -0.2) is 26.5 Å². The van der Waals surface area contributed by atoms with Crippen LogP contribution in [0, 0.1) is 0 Å². The maximum absolute atomic E-state index is 3.38. The van der Waals surface area contributed by atoms with Crippen LogP contribution < -0.4 is 0 Å². The van der Waals surface area contributed by atoms with Gasteiger partial charge in [0.15, 0.2) is 0 Å². The van der Waals surface area contributed by atoms with Crippen molar-refractivity contribution in [3.8, 4) is 0 Å². The van der Waals surface area contributed by atoms with Crippen LogP contribution in [0.4, 0.5) is 0 Å². The quantitative estimate of drug-likeness (QED) is 0.376. The summed E-state index contributed by atoms with van der Waals surface area (Å²) in [7, 11) is 0. The molecule has 0 amide bonds. The fraction of sp³-hybridized carbons (Fsp3) is 1.00. The zero-order valence-electron chi connectivity index (χ0n) is 4.82. The number of halogens is 3. The molecule has 2 radical (unpaired) electrons. The van der Waals surface area contributed by atoms with Gasteiger partial charge in [-0.25, -0.2) is 0 Å². The van der Waals surface area contributed by atoms with Crippen LogP contribution in [0.1, 0.15) is 6.42 Å². The molecule has 0 saturated carbocycles. The van der Waals surface area contributed by atoms with E-state index in [9.17, 15) is 0 Å². The third-order valence-corrected chi connectivity index (χ3v) is 3.56. The summed E-state index contributed by atoms with van der Waals surface area (Å²) in [5.74, 6) is 0. The van der Waals surface area contributed by atoms with Crippen LogP contribution >= 0.6 is 49.9 Å². The summed E-state index contributed by atoms with van der Waals surface area (Å²) in [4.78, 5) is 2.38. The fourth-order valence-corrected chi connectivity index (χ4v) is 3.51. The number of hydrogen-bond donors (Lipinski definition) is 0. The first kappa shape index (κ1) is 16.7. The normalized spacial score (nSPS) is 6.75. The van der Waals surface area contributed by atoms with E-state index in [1.54, 1.807) is 0 Å². The van der Waals surface area contributed by atoms with E-state index in [4.69, 9.17) is 0 Å². The van der Waals surface area contributed by atoms with Crippen molar-refractivity contribution >= 4 is 71.0 Å². The molecule has 0 aliphatic rings. The molecule has 0 fully saturated rings. The predicted octanol–water partition coefficient (Wildman–Crippen LogP) is 3.10. The molecule has 0 N–H and O–H groups in total. The van der Waals surface area contributed by atoms with E-state index in [0.717, 1.165) is 0 Å². The van der Waals surface area contributed by atoms with Gasteiger partial charge in [0, 0.05) is 0 Å². The van der Waals surface area contributed by atoms with E-state index in [-0.39, 0.29) is 55.1 Å². The van der Waals surface area contributed by atoms with Crippen molar-refractivity contribution in [2.45, 2.75) is 15.8 Å². The van der Waals surface area contributed by atoms with Gasteiger partial charge in [-0.3, -0.25) is 0 Å². The number of hydrogen-bond acceptors (Lipinski definition) is 0. The maximum atomic E-state index is 3.38. The van der Waals surface area contributed by atoms with Gasteiger partial charge in [-0.2, -0.15) is 0 Å². The second kappa shape index (κ2) is 16.1. The molecule has 0 aliphatic heterocycles. The Morgan fingerprint density at radius 3 is 2.00 bits per heavy atom. The molecule has 4 heteroatoms. The Morgan fingerprint density at radius 1 is 1.38 bits per heavy atom. The first-order chi connectivity index (χ1) is 2.91. The molecule has 0 rings (SSSR count). The Morgan fingerprint density at radius 2 is 1.88 bits per heavy atom. The van der Waals surface area contributed by atoms with Crippen LogP contribution in [0.3, 0.4) is 0 Å². The molecule has 8 heavy (non-hydrogen) atoms. The van der Waals surface area contributed by atoms with Crippen LogP contribution in [0.2, 0.25) is 9.38 Å². The van der Waals surface area contributed by atoms with Gasteiger partial charge >= 0.3 is 58.2 Å². The Hall–Kier alpha value is 2.24. The van der Waals surface area contributed by atoms with E-state index >= 15 is 0 Å². The zero-order valence-corrected chi connectivity index (χ0v) is 12.7. The van der Waals surface area contributed by atoms with Gasteiger partial charge in [-0.05, 0) is 0 Å². The summed E-state index contributed by atoms with van der Waals surface area (Å²) < 4.78 is 1.54. The summed E-state index contributed by atoms with van der Waals surface area (Å²) in [6, 6.07) is 0. The van der Waals surface area contributed by atoms with Gasteiger partial charge in [-0.15, -0.1) is 34.0 Å². The topological polar surface area (TPSA) is 0 Å². The van der Waals surface area contributed by atoms with Gasteiger partial charge in [0.2, 0.25) is 0 Å². The molecule has 0 bridgehead atoms.